The summed E-state index contributed by atoms with van der Waals surface area (Å²) in [6.45, 7) is 4.26. The molecule has 5 nitrogen and oxygen atoms in total. The molecule has 1 unspecified atom stereocenters. The largest absolute Gasteiger partial charge is 0.354 e. The molecule has 2 aromatic rings. The molecule has 1 aromatic heterocycles. The minimum absolute atomic E-state index is 0.0360. The molecule has 0 aliphatic rings. The number of nitrogens with one attached hydrogen (secondary N) is 2. The van der Waals surface area contributed by atoms with Crippen LogP contribution in [0.5, 0.6) is 0 Å². The Hall–Kier alpha value is -2.40. The smallest absolute Gasteiger partial charge is 0.251 e. The van der Waals surface area contributed by atoms with Crippen molar-refractivity contribution in [3.63, 3.8) is 0 Å². The van der Waals surface area contributed by atoms with Crippen molar-refractivity contribution >= 4 is 23.4 Å². The zero-order valence-corrected chi connectivity index (χ0v) is 15.1. The van der Waals surface area contributed by atoms with E-state index in [-0.39, 0.29) is 17.7 Å². The van der Waals surface area contributed by atoms with Gasteiger partial charge in [-0.05, 0) is 42.3 Å². The molecule has 2 rings (SSSR count). The van der Waals surface area contributed by atoms with Gasteiger partial charge in [0.05, 0.1) is 0 Å². The van der Waals surface area contributed by atoms with Crippen LogP contribution in [0.4, 0.5) is 0 Å². The van der Waals surface area contributed by atoms with E-state index in [4.69, 9.17) is 11.6 Å². The van der Waals surface area contributed by atoms with Gasteiger partial charge in [-0.1, -0.05) is 31.5 Å². The Labute approximate surface area is 152 Å². The first kappa shape index (κ1) is 18.9. The van der Waals surface area contributed by atoms with Crippen molar-refractivity contribution in [1.82, 2.24) is 15.6 Å². The van der Waals surface area contributed by atoms with Crippen LogP contribution in [0.25, 0.3) is 0 Å². The van der Waals surface area contributed by atoms with Gasteiger partial charge in [0.25, 0.3) is 5.91 Å². The van der Waals surface area contributed by atoms with E-state index in [1.54, 1.807) is 30.5 Å². The van der Waals surface area contributed by atoms with Gasteiger partial charge in [0.15, 0.2) is 0 Å². The highest BCUT2D eigenvalue weighted by Crippen LogP contribution is 2.10. The highest BCUT2D eigenvalue weighted by molar-refractivity contribution is 6.30. The first-order valence-electron chi connectivity index (χ1n) is 8.21. The normalized spacial score (nSPS) is 11.8. The summed E-state index contributed by atoms with van der Waals surface area (Å²) in [6.07, 6.45) is 2.36. The fourth-order valence-electron chi connectivity index (χ4n) is 2.33. The number of hydrogen-bond donors (Lipinski definition) is 2. The molecule has 0 saturated carbocycles. The molecule has 0 bridgehead atoms. The van der Waals surface area contributed by atoms with Crippen molar-refractivity contribution in [3.8, 4) is 0 Å². The first-order valence-corrected chi connectivity index (χ1v) is 8.59. The van der Waals surface area contributed by atoms with Gasteiger partial charge in [-0.25, -0.2) is 0 Å². The minimum atomic E-state index is -0.605. The third-order valence-corrected chi connectivity index (χ3v) is 4.00. The van der Waals surface area contributed by atoms with Crippen molar-refractivity contribution in [2.75, 3.05) is 6.54 Å². The molecule has 6 heteroatoms. The molecule has 0 aliphatic carbocycles. The molecule has 0 aliphatic heterocycles. The van der Waals surface area contributed by atoms with Crippen molar-refractivity contribution in [2.24, 2.45) is 5.92 Å². The highest BCUT2D eigenvalue weighted by Gasteiger charge is 2.24. The van der Waals surface area contributed by atoms with E-state index in [0.29, 0.717) is 23.6 Å². The van der Waals surface area contributed by atoms with Crippen LogP contribution in [0.3, 0.4) is 0 Å². The Kier molecular flexibility index (Phi) is 6.95. The summed E-state index contributed by atoms with van der Waals surface area (Å²) in [5.74, 6) is -0.533. The maximum atomic E-state index is 12.4. The lowest BCUT2D eigenvalue weighted by atomic mass is 10.0. The Morgan fingerprint density at radius 1 is 1.12 bits per heavy atom. The van der Waals surface area contributed by atoms with E-state index in [1.165, 1.54) is 0 Å². The number of hydrogen-bond acceptors (Lipinski definition) is 3. The zero-order valence-electron chi connectivity index (χ0n) is 14.3. The lowest BCUT2D eigenvalue weighted by molar-refractivity contribution is -0.123. The number of halogens is 1. The predicted octanol–water partition coefficient (Wildman–Crippen LogP) is 2.85. The van der Waals surface area contributed by atoms with Gasteiger partial charge in [-0.15, -0.1) is 0 Å². The molecule has 1 atom stereocenters. The number of pyridine rings is 1. The zero-order chi connectivity index (χ0) is 18.2. The van der Waals surface area contributed by atoms with Crippen LogP contribution in [0.2, 0.25) is 5.02 Å². The molecule has 2 amide bonds. The topological polar surface area (TPSA) is 71.1 Å². The van der Waals surface area contributed by atoms with Crippen LogP contribution < -0.4 is 10.6 Å². The summed E-state index contributed by atoms with van der Waals surface area (Å²) in [6, 6.07) is 11.6. The summed E-state index contributed by atoms with van der Waals surface area (Å²) in [5, 5.41) is 6.21. The van der Waals surface area contributed by atoms with E-state index < -0.39 is 6.04 Å². The second-order valence-corrected chi connectivity index (χ2v) is 6.50. The van der Waals surface area contributed by atoms with Gasteiger partial charge in [0, 0.05) is 35.4 Å². The van der Waals surface area contributed by atoms with Gasteiger partial charge in [-0.3, -0.25) is 14.6 Å². The number of benzene rings is 1. The van der Waals surface area contributed by atoms with Gasteiger partial charge < -0.3 is 10.6 Å². The van der Waals surface area contributed by atoms with E-state index in [0.717, 1.165) is 5.69 Å². The molecular weight excluding hydrogens is 338 g/mol. The van der Waals surface area contributed by atoms with E-state index in [9.17, 15) is 9.59 Å². The summed E-state index contributed by atoms with van der Waals surface area (Å²) in [7, 11) is 0. The van der Waals surface area contributed by atoms with Gasteiger partial charge in [0.2, 0.25) is 5.91 Å². The summed E-state index contributed by atoms with van der Waals surface area (Å²) >= 11 is 5.83. The summed E-state index contributed by atoms with van der Waals surface area (Å²) < 4.78 is 0. The van der Waals surface area contributed by atoms with Gasteiger partial charge in [0.1, 0.15) is 6.04 Å². The highest BCUT2D eigenvalue weighted by atomic mass is 35.5. The number of amides is 2. The summed E-state index contributed by atoms with van der Waals surface area (Å²) in [5.41, 5.74) is 1.38. The van der Waals surface area contributed by atoms with Crippen LogP contribution in [0, 0.1) is 5.92 Å². The molecule has 2 N–H and O–H groups in total. The minimum Gasteiger partial charge on any atom is -0.354 e. The second-order valence-electron chi connectivity index (χ2n) is 6.06. The van der Waals surface area contributed by atoms with Crippen molar-refractivity contribution in [1.29, 1.82) is 0 Å². The van der Waals surface area contributed by atoms with Gasteiger partial charge in [-0.2, -0.15) is 0 Å². The van der Waals surface area contributed by atoms with E-state index >= 15 is 0 Å². The molecule has 0 spiro atoms. The fraction of sp³-hybridized carbons (Fsp3) is 0.316. The van der Waals surface area contributed by atoms with E-state index in [2.05, 4.69) is 15.6 Å². The number of nitrogens with zero attached hydrogens (tertiary/aromatic N) is 1. The molecule has 0 fully saturated rings. The maximum absolute atomic E-state index is 12.4. The molecule has 0 radical (unpaired) electrons. The number of carbonyl (C=O) groups excluding carboxylic acids is 2. The lowest BCUT2D eigenvalue weighted by Gasteiger charge is -2.21. The Bertz CT molecular complexity index is 702. The first-order chi connectivity index (χ1) is 12.0. The third-order valence-electron chi connectivity index (χ3n) is 3.75. The molecule has 132 valence electrons. The molecule has 0 saturated heterocycles. The van der Waals surface area contributed by atoms with Crippen molar-refractivity contribution in [3.05, 3.63) is 64.9 Å². The molecule has 1 heterocycles. The standard InChI is InChI=1S/C19H22ClN3O2/c1-13(2)17(23-18(24)14-6-8-15(20)9-7-14)19(25)22-12-10-16-5-3-4-11-21-16/h3-9,11,13,17H,10,12H2,1-2H3,(H,22,25)(H,23,24). The Balaban J connectivity index is 1.91. The maximum Gasteiger partial charge on any atom is 0.251 e. The molecule has 25 heavy (non-hydrogen) atoms. The average molecular weight is 360 g/mol. The Morgan fingerprint density at radius 2 is 1.84 bits per heavy atom. The van der Waals surface area contributed by atoms with Crippen LogP contribution in [-0.2, 0) is 11.2 Å². The number of aromatic nitrogens is 1. The summed E-state index contributed by atoms with van der Waals surface area (Å²) in [4.78, 5) is 29.0. The van der Waals surface area contributed by atoms with Crippen molar-refractivity contribution < 1.29 is 9.59 Å². The number of rotatable bonds is 7. The van der Waals surface area contributed by atoms with Crippen LogP contribution in [0.15, 0.2) is 48.7 Å². The number of carbonyl (C=O) groups is 2. The molecule has 1 aromatic carbocycles. The van der Waals surface area contributed by atoms with Crippen LogP contribution in [0.1, 0.15) is 29.9 Å². The fourth-order valence-corrected chi connectivity index (χ4v) is 2.46. The average Bonchev–Trinajstić information content (AvgIpc) is 2.60. The molecular formula is C19H22ClN3O2. The van der Waals surface area contributed by atoms with Crippen molar-refractivity contribution in [2.45, 2.75) is 26.3 Å². The van der Waals surface area contributed by atoms with Crippen LogP contribution in [-0.4, -0.2) is 29.4 Å². The monoisotopic (exact) mass is 359 g/mol. The van der Waals surface area contributed by atoms with Crippen LogP contribution >= 0.6 is 11.6 Å². The van der Waals surface area contributed by atoms with E-state index in [1.807, 2.05) is 32.0 Å². The predicted molar refractivity (Wildman–Crippen MR) is 98.5 cm³/mol. The second kappa shape index (κ2) is 9.18. The Morgan fingerprint density at radius 3 is 2.44 bits per heavy atom. The van der Waals surface area contributed by atoms with Gasteiger partial charge >= 0.3 is 0 Å². The third kappa shape index (κ3) is 5.87. The quantitative estimate of drug-likeness (QED) is 0.798. The lowest BCUT2D eigenvalue weighted by Crippen LogP contribution is -2.50. The SMILES string of the molecule is CC(C)C(NC(=O)c1ccc(Cl)cc1)C(=O)NCCc1ccccn1.